The molecule has 170 valence electrons. The van der Waals surface area contributed by atoms with Gasteiger partial charge in [-0.3, -0.25) is 9.69 Å². The number of aromatic nitrogens is 1. The van der Waals surface area contributed by atoms with E-state index >= 15 is 0 Å². The Labute approximate surface area is 203 Å². The van der Waals surface area contributed by atoms with E-state index in [4.69, 9.17) is 16.6 Å². The topological polar surface area (TPSA) is 48.5 Å². The molecule has 1 aliphatic heterocycles. The maximum Gasteiger partial charge on any atom is 0.220 e. The monoisotopic (exact) mass is 488 g/mol. The highest BCUT2D eigenvalue weighted by Crippen LogP contribution is 2.35. The third-order valence-corrected chi connectivity index (χ3v) is 8.29. The average Bonchev–Trinajstić information content (AvgIpc) is 3.25. The Morgan fingerprint density at radius 3 is 2.59 bits per heavy atom. The van der Waals surface area contributed by atoms with Crippen molar-refractivity contribution in [3.8, 4) is 0 Å². The number of benzene rings is 2. The first-order chi connectivity index (χ1) is 15.5. The molecule has 0 radical (unpaired) electrons. The number of aryl methyl sites for hydroxylation is 2. The van der Waals surface area contributed by atoms with Gasteiger partial charge < -0.3 is 10.2 Å². The van der Waals surface area contributed by atoms with E-state index in [0.717, 1.165) is 58.8 Å². The fourth-order valence-corrected chi connectivity index (χ4v) is 5.95. The number of halogens is 1. The zero-order valence-corrected chi connectivity index (χ0v) is 21.0. The summed E-state index contributed by atoms with van der Waals surface area (Å²) < 4.78 is 1.08. The molecule has 8 heteroatoms. The minimum absolute atomic E-state index is 0.130. The van der Waals surface area contributed by atoms with Crippen molar-refractivity contribution >= 4 is 56.0 Å². The summed E-state index contributed by atoms with van der Waals surface area (Å²) in [7, 11) is 0. The van der Waals surface area contributed by atoms with Crippen LogP contribution in [0.3, 0.4) is 0 Å². The molecule has 0 spiro atoms. The Morgan fingerprint density at radius 2 is 1.88 bits per heavy atom. The smallest absolute Gasteiger partial charge is 0.220 e. The maximum absolute atomic E-state index is 12.1. The molecular weight excluding hydrogens is 460 g/mol. The number of amides is 1. The molecule has 5 nitrogen and oxygen atoms in total. The van der Waals surface area contributed by atoms with E-state index in [2.05, 4.69) is 53.2 Å². The highest BCUT2D eigenvalue weighted by Gasteiger charge is 2.20. The zero-order valence-electron chi connectivity index (χ0n) is 18.6. The number of thiazole rings is 1. The Morgan fingerprint density at radius 1 is 1.12 bits per heavy atom. The summed E-state index contributed by atoms with van der Waals surface area (Å²) in [5, 5.41) is 4.90. The number of rotatable bonds is 8. The molecule has 32 heavy (non-hydrogen) atoms. The first-order valence-corrected chi connectivity index (χ1v) is 13.2. The fourth-order valence-electron chi connectivity index (χ4n) is 3.73. The van der Waals surface area contributed by atoms with Crippen LogP contribution in [-0.2, 0) is 4.79 Å². The second-order valence-electron chi connectivity index (χ2n) is 8.13. The lowest BCUT2D eigenvalue weighted by molar-refractivity contribution is -0.120. The number of anilines is 1. The van der Waals surface area contributed by atoms with Crippen molar-refractivity contribution in [2.75, 3.05) is 49.9 Å². The molecule has 2 aromatic carbocycles. The molecule has 3 aromatic rings. The molecule has 2 heterocycles. The number of fused-ring (bicyclic) bond motifs is 1. The predicted octanol–water partition coefficient (Wildman–Crippen LogP) is 4.99. The van der Waals surface area contributed by atoms with Gasteiger partial charge in [0.25, 0.3) is 0 Å². The van der Waals surface area contributed by atoms with Crippen LogP contribution >= 0.6 is 34.7 Å². The second kappa shape index (κ2) is 10.9. The summed E-state index contributed by atoms with van der Waals surface area (Å²) in [5.74, 6) is 0.934. The van der Waals surface area contributed by atoms with Crippen LogP contribution in [0.5, 0.6) is 0 Å². The van der Waals surface area contributed by atoms with Crippen molar-refractivity contribution in [1.82, 2.24) is 15.2 Å². The summed E-state index contributed by atoms with van der Waals surface area (Å²) in [6, 6.07) is 12.4. The number of piperazine rings is 1. The van der Waals surface area contributed by atoms with Crippen molar-refractivity contribution in [2.45, 2.75) is 25.2 Å². The minimum atomic E-state index is 0.130. The zero-order chi connectivity index (χ0) is 22.5. The van der Waals surface area contributed by atoms with Gasteiger partial charge in [0.2, 0.25) is 5.91 Å². The lowest BCUT2D eigenvalue weighted by Gasteiger charge is -2.34. The van der Waals surface area contributed by atoms with Crippen LogP contribution in [-0.4, -0.2) is 60.8 Å². The van der Waals surface area contributed by atoms with E-state index < -0.39 is 0 Å². The summed E-state index contributed by atoms with van der Waals surface area (Å²) in [4.78, 5) is 22.9. The molecule has 0 unspecified atom stereocenters. The Balaban J connectivity index is 1.15. The lowest BCUT2D eigenvalue weighted by Crippen LogP contribution is -2.48. The number of carbonyl (C=O) groups is 1. The number of hydrogen-bond acceptors (Lipinski definition) is 6. The van der Waals surface area contributed by atoms with E-state index in [-0.39, 0.29) is 5.91 Å². The van der Waals surface area contributed by atoms with E-state index in [1.54, 1.807) is 23.1 Å². The van der Waals surface area contributed by atoms with Gasteiger partial charge in [0.1, 0.15) is 0 Å². The molecule has 1 aromatic heterocycles. The standard InChI is InChI=1S/C24H29ClN4OS2/c1-17-3-6-19(7-4-17)31-16-9-21(30)26-10-11-28-12-14-29(15-13-28)24-27-22-18(2)5-8-20(25)23(22)32-24/h3-8H,9-16H2,1-2H3,(H,26,30). The van der Waals surface area contributed by atoms with Crippen LogP contribution < -0.4 is 10.2 Å². The van der Waals surface area contributed by atoms with Crippen molar-refractivity contribution < 1.29 is 4.79 Å². The van der Waals surface area contributed by atoms with E-state index in [1.807, 2.05) is 12.1 Å². The van der Waals surface area contributed by atoms with E-state index in [1.165, 1.54) is 16.0 Å². The first kappa shape index (κ1) is 23.4. The molecule has 1 amide bonds. The van der Waals surface area contributed by atoms with Gasteiger partial charge in [0, 0.05) is 56.3 Å². The number of nitrogens with zero attached hydrogens (tertiary/aromatic N) is 3. The van der Waals surface area contributed by atoms with Crippen LogP contribution in [0.2, 0.25) is 5.02 Å². The van der Waals surface area contributed by atoms with Gasteiger partial charge in [-0.05, 0) is 37.6 Å². The first-order valence-electron chi connectivity index (χ1n) is 11.0. The largest absolute Gasteiger partial charge is 0.355 e. The molecule has 4 rings (SSSR count). The van der Waals surface area contributed by atoms with Gasteiger partial charge in [-0.15, -0.1) is 11.8 Å². The molecule has 1 N–H and O–H groups in total. The predicted molar refractivity (Wildman–Crippen MR) is 138 cm³/mol. The van der Waals surface area contributed by atoms with Gasteiger partial charge in [0.15, 0.2) is 5.13 Å². The molecule has 0 saturated carbocycles. The summed E-state index contributed by atoms with van der Waals surface area (Å²) in [6.45, 7) is 9.58. The summed E-state index contributed by atoms with van der Waals surface area (Å²) >= 11 is 9.77. The van der Waals surface area contributed by atoms with E-state index in [0.29, 0.717) is 13.0 Å². The SMILES string of the molecule is Cc1ccc(SCCC(=O)NCCN2CCN(c3nc4c(C)ccc(Cl)c4s3)CC2)cc1. The molecule has 1 saturated heterocycles. The fraction of sp³-hybridized carbons (Fsp3) is 0.417. The third kappa shape index (κ3) is 5.95. The molecule has 1 fully saturated rings. The van der Waals surface area contributed by atoms with E-state index in [9.17, 15) is 4.79 Å². The quantitative estimate of drug-likeness (QED) is 0.453. The van der Waals surface area contributed by atoms with Crippen molar-refractivity contribution in [3.63, 3.8) is 0 Å². The number of carbonyl (C=O) groups excluding carboxylic acids is 1. The normalized spacial score (nSPS) is 14.8. The van der Waals surface area contributed by atoms with Crippen LogP contribution in [0, 0.1) is 13.8 Å². The second-order valence-corrected chi connectivity index (χ2v) is 10.7. The number of thioether (sulfide) groups is 1. The van der Waals surface area contributed by atoms with Crippen LogP contribution in [0.4, 0.5) is 5.13 Å². The van der Waals surface area contributed by atoms with Gasteiger partial charge in [-0.25, -0.2) is 4.98 Å². The van der Waals surface area contributed by atoms with Gasteiger partial charge in [0.05, 0.1) is 15.2 Å². The van der Waals surface area contributed by atoms with Crippen molar-refractivity contribution in [3.05, 3.63) is 52.5 Å². The minimum Gasteiger partial charge on any atom is -0.355 e. The van der Waals surface area contributed by atoms with Gasteiger partial charge in [-0.1, -0.05) is 46.7 Å². The Bertz CT molecular complexity index is 1020. The molecule has 0 aliphatic carbocycles. The Kier molecular flexibility index (Phi) is 7.94. The van der Waals surface area contributed by atoms with Gasteiger partial charge in [-0.2, -0.15) is 0 Å². The van der Waals surface area contributed by atoms with Crippen molar-refractivity contribution in [1.29, 1.82) is 0 Å². The van der Waals surface area contributed by atoms with Crippen molar-refractivity contribution in [2.24, 2.45) is 0 Å². The molecule has 1 aliphatic rings. The van der Waals surface area contributed by atoms with Crippen LogP contribution in [0.1, 0.15) is 17.5 Å². The third-order valence-electron chi connectivity index (χ3n) is 5.70. The molecular formula is C24H29ClN4OS2. The van der Waals surface area contributed by atoms with Crippen LogP contribution in [0.25, 0.3) is 10.2 Å². The lowest BCUT2D eigenvalue weighted by atomic mass is 10.2. The molecule has 0 bridgehead atoms. The maximum atomic E-state index is 12.1. The summed E-state index contributed by atoms with van der Waals surface area (Å²) in [6.07, 6.45) is 0.548. The summed E-state index contributed by atoms with van der Waals surface area (Å²) in [5.41, 5.74) is 3.44. The number of nitrogens with one attached hydrogen (secondary N) is 1. The average molecular weight is 489 g/mol. The highest BCUT2D eigenvalue weighted by molar-refractivity contribution is 7.99. The Hall–Kier alpha value is -1.80. The molecule has 0 atom stereocenters. The highest BCUT2D eigenvalue weighted by atomic mass is 35.5. The number of hydrogen-bond donors (Lipinski definition) is 1. The van der Waals surface area contributed by atoms with Crippen LogP contribution in [0.15, 0.2) is 41.3 Å². The van der Waals surface area contributed by atoms with Gasteiger partial charge >= 0.3 is 0 Å².